The number of fused-ring (bicyclic) bond motifs is 1. The molecule has 0 saturated carbocycles. The van der Waals surface area contributed by atoms with Crippen molar-refractivity contribution in [2.45, 2.75) is 24.9 Å². The fraction of sp³-hybridized carbons (Fsp3) is 0.333. The lowest BCUT2D eigenvalue weighted by atomic mass is 10.4. The van der Waals surface area contributed by atoms with Gasteiger partial charge in [-0.1, -0.05) is 18.7 Å². The first-order valence-electron chi connectivity index (χ1n) is 5.83. The lowest BCUT2D eigenvalue weighted by molar-refractivity contribution is -0.133. The Bertz CT molecular complexity index is 669. The van der Waals surface area contributed by atoms with E-state index in [0.29, 0.717) is 17.7 Å². The summed E-state index contributed by atoms with van der Waals surface area (Å²) in [5.41, 5.74) is 0.858. The van der Waals surface area contributed by atoms with Crippen LogP contribution in [0.15, 0.2) is 28.2 Å². The Kier molecular flexibility index (Phi) is 4.16. The Morgan fingerprint density at radius 3 is 3.00 bits per heavy atom. The molecule has 0 aromatic carbocycles. The molecule has 0 fully saturated rings. The maximum atomic E-state index is 12.2. The van der Waals surface area contributed by atoms with Crippen LogP contribution in [0.2, 0.25) is 0 Å². The average molecular weight is 279 g/mol. The number of aliphatic carboxylic acids is 1. The van der Waals surface area contributed by atoms with Crippen molar-refractivity contribution < 1.29 is 9.90 Å². The van der Waals surface area contributed by atoms with Crippen LogP contribution in [0.4, 0.5) is 0 Å². The number of nitrogens with zero attached hydrogens (tertiary/aromatic N) is 3. The quantitative estimate of drug-likeness (QED) is 0.832. The van der Waals surface area contributed by atoms with E-state index < -0.39 is 5.97 Å². The van der Waals surface area contributed by atoms with Gasteiger partial charge in [0, 0.05) is 12.7 Å². The SMILES string of the molecule is CCCn1c(=O)c(SCC(=O)O)nc2cccnc21. The van der Waals surface area contributed by atoms with Gasteiger partial charge in [-0.2, -0.15) is 0 Å². The third-order valence-corrected chi connectivity index (χ3v) is 3.38. The van der Waals surface area contributed by atoms with Gasteiger partial charge in [0.25, 0.3) is 5.56 Å². The number of rotatable bonds is 5. The van der Waals surface area contributed by atoms with Crippen LogP contribution in [0.3, 0.4) is 0 Å². The van der Waals surface area contributed by atoms with Gasteiger partial charge in [0.2, 0.25) is 0 Å². The van der Waals surface area contributed by atoms with Gasteiger partial charge >= 0.3 is 5.97 Å². The summed E-state index contributed by atoms with van der Waals surface area (Å²) >= 11 is 0.938. The summed E-state index contributed by atoms with van der Waals surface area (Å²) in [6.07, 6.45) is 2.40. The van der Waals surface area contributed by atoms with Crippen molar-refractivity contribution in [3.63, 3.8) is 0 Å². The molecule has 7 heteroatoms. The second-order valence-corrected chi connectivity index (χ2v) is 4.87. The summed E-state index contributed by atoms with van der Waals surface area (Å²) in [5, 5.41) is 8.89. The topological polar surface area (TPSA) is 85.1 Å². The molecule has 0 bridgehead atoms. The smallest absolute Gasteiger partial charge is 0.313 e. The molecule has 0 unspecified atom stereocenters. The normalized spacial score (nSPS) is 10.8. The minimum Gasteiger partial charge on any atom is -0.481 e. The number of carbonyl (C=O) groups is 1. The zero-order chi connectivity index (χ0) is 13.8. The molecule has 6 nitrogen and oxygen atoms in total. The zero-order valence-electron chi connectivity index (χ0n) is 10.4. The largest absolute Gasteiger partial charge is 0.481 e. The van der Waals surface area contributed by atoms with Gasteiger partial charge in [0.05, 0.1) is 5.75 Å². The van der Waals surface area contributed by atoms with Crippen molar-refractivity contribution in [3.8, 4) is 0 Å². The van der Waals surface area contributed by atoms with Gasteiger partial charge in [-0.25, -0.2) is 9.97 Å². The minimum atomic E-state index is -0.973. The number of hydrogen-bond donors (Lipinski definition) is 1. The highest BCUT2D eigenvalue weighted by Gasteiger charge is 2.12. The van der Waals surface area contributed by atoms with Gasteiger partial charge in [0.1, 0.15) is 5.52 Å². The van der Waals surface area contributed by atoms with Gasteiger partial charge < -0.3 is 5.11 Å². The van der Waals surface area contributed by atoms with E-state index >= 15 is 0 Å². The third-order valence-electron chi connectivity index (χ3n) is 2.45. The molecule has 19 heavy (non-hydrogen) atoms. The molecule has 0 radical (unpaired) electrons. The van der Waals surface area contributed by atoms with Crippen LogP contribution in [0.25, 0.3) is 11.2 Å². The molecule has 0 amide bonds. The predicted octanol–water partition coefficient (Wildman–Crippen LogP) is 1.38. The maximum absolute atomic E-state index is 12.2. The highest BCUT2D eigenvalue weighted by molar-refractivity contribution is 7.99. The monoisotopic (exact) mass is 279 g/mol. The zero-order valence-corrected chi connectivity index (χ0v) is 11.2. The van der Waals surface area contributed by atoms with Crippen LogP contribution >= 0.6 is 11.8 Å². The highest BCUT2D eigenvalue weighted by atomic mass is 32.2. The fourth-order valence-electron chi connectivity index (χ4n) is 1.71. The summed E-state index contributed by atoms with van der Waals surface area (Å²) < 4.78 is 1.55. The van der Waals surface area contributed by atoms with Gasteiger partial charge in [-0.3, -0.25) is 14.2 Å². The minimum absolute atomic E-state index is 0.180. The molecule has 2 aromatic heterocycles. The molecule has 0 aliphatic rings. The Labute approximate surface area is 113 Å². The summed E-state index contributed by atoms with van der Waals surface area (Å²) in [4.78, 5) is 31.2. The molecular formula is C12H13N3O3S. The Balaban J connectivity index is 2.56. The molecular weight excluding hydrogens is 266 g/mol. The average Bonchev–Trinajstić information content (AvgIpc) is 2.40. The summed E-state index contributed by atoms with van der Waals surface area (Å²) in [7, 11) is 0. The van der Waals surface area contributed by atoms with Crippen LogP contribution in [0.5, 0.6) is 0 Å². The van der Waals surface area contributed by atoms with Crippen molar-refractivity contribution >= 4 is 28.9 Å². The molecule has 1 N–H and O–H groups in total. The van der Waals surface area contributed by atoms with Crippen LogP contribution < -0.4 is 5.56 Å². The lowest BCUT2D eigenvalue weighted by Crippen LogP contribution is -2.24. The van der Waals surface area contributed by atoms with E-state index in [9.17, 15) is 9.59 Å². The number of aryl methyl sites for hydroxylation is 1. The Morgan fingerprint density at radius 2 is 2.32 bits per heavy atom. The van der Waals surface area contributed by atoms with Crippen LogP contribution in [0.1, 0.15) is 13.3 Å². The van der Waals surface area contributed by atoms with Crippen LogP contribution in [-0.4, -0.2) is 31.4 Å². The number of aromatic nitrogens is 3. The number of carboxylic acid groups (broad SMARTS) is 1. The van der Waals surface area contributed by atoms with E-state index in [1.165, 1.54) is 0 Å². The second-order valence-electron chi connectivity index (χ2n) is 3.90. The lowest BCUT2D eigenvalue weighted by Gasteiger charge is -2.09. The fourth-order valence-corrected chi connectivity index (χ4v) is 2.36. The van der Waals surface area contributed by atoms with Gasteiger partial charge in [0.15, 0.2) is 10.7 Å². The number of thioether (sulfide) groups is 1. The maximum Gasteiger partial charge on any atom is 0.313 e. The molecule has 0 aliphatic carbocycles. The molecule has 0 atom stereocenters. The van der Waals surface area contributed by atoms with E-state index in [1.54, 1.807) is 22.9 Å². The summed E-state index contributed by atoms with van der Waals surface area (Å²) in [5.74, 6) is -1.15. The molecule has 2 aromatic rings. The van der Waals surface area contributed by atoms with Crippen molar-refractivity contribution in [2.75, 3.05) is 5.75 Å². The van der Waals surface area contributed by atoms with E-state index in [0.717, 1.165) is 18.2 Å². The standard InChI is InChI=1S/C12H13N3O3S/c1-2-6-15-10-8(4-3-5-13-10)14-11(12(15)18)19-7-9(16)17/h3-5H,2,6-7H2,1H3,(H,16,17). The number of hydrogen-bond acceptors (Lipinski definition) is 5. The van der Waals surface area contributed by atoms with Crippen molar-refractivity contribution in [3.05, 3.63) is 28.7 Å². The Morgan fingerprint density at radius 1 is 1.53 bits per heavy atom. The summed E-state index contributed by atoms with van der Waals surface area (Å²) in [6.45, 7) is 2.50. The second kappa shape index (κ2) is 5.83. The number of pyridine rings is 1. The molecule has 100 valence electrons. The van der Waals surface area contributed by atoms with Crippen molar-refractivity contribution in [1.29, 1.82) is 0 Å². The third kappa shape index (κ3) is 2.93. The first kappa shape index (κ1) is 13.5. The van der Waals surface area contributed by atoms with Crippen molar-refractivity contribution in [2.24, 2.45) is 0 Å². The van der Waals surface area contributed by atoms with E-state index in [4.69, 9.17) is 5.11 Å². The predicted molar refractivity (Wildman–Crippen MR) is 72.4 cm³/mol. The van der Waals surface area contributed by atoms with Crippen LogP contribution in [0, 0.1) is 0 Å². The molecule has 0 spiro atoms. The van der Waals surface area contributed by atoms with E-state index in [-0.39, 0.29) is 16.3 Å². The summed E-state index contributed by atoms with van der Waals surface area (Å²) in [6, 6.07) is 3.50. The Hall–Kier alpha value is -1.89. The highest BCUT2D eigenvalue weighted by Crippen LogP contribution is 2.15. The van der Waals surface area contributed by atoms with E-state index in [2.05, 4.69) is 9.97 Å². The van der Waals surface area contributed by atoms with Gasteiger partial charge in [-0.15, -0.1) is 0 Å². The molecule has 0 aliphatic heterocycles. The van der Waals surface area contributed by atoms with Crippen LogP contribution in [-0.2, 0) is 11.3 Å². The molecule has 0 saturated heterocycles. The first-order valence-corrected chi connectivity index (χ1v) is 6.82. The molecule has 2 rings (SSSR count). The first-order chi connectivity index (χ1) is 9.13. The van der Waals surface area contributed by atoms with E-state index in [1.807, 2.05) is 6.92 Å². The van der Waals surface area contributed by atoms with Crippen molar-refractivity contribution in [1.82, 2.24) is 14.5 Å². The molecule has 2 heterocycles. The van der Waals surface area contributed by atoms with Gasteiger partial charge in [-0.05, 0) is 18.6 Å². The number of carboxylic acids is 1.